The highest BCUT2D eigenvalue weighted by Crippen LogP contribution is 2.24. The molecular weight excluding hydrogens is 289 g/mol. The first-order chi connectivity index (χ1) is 10.5. The molecule has 0 fully saturated rings. The van der Waals surface area contributed by atoms with Gasteiger partial charge in [0.2, 0.25) is 0 Å². The average molecular weight is 306 g/mol. The maximum atomic E-state index is 14.1. The van der Waals surface area contributed by atoms with Crippen LogP contribution in [0.4, 0.5) is 18.9 Å². The summed E-state index contributed by atoms with van der Waals surface area (Å²) in [5, 5.41) is 0. The highest BCUT2D eigenvalue weighted by molar-refractivity contribution is 5.61. The van der Waals surface area contributed by atoms with Crippen molar-refractivity contribution in [2.75, 3.05) is 13.6 Å². The van der Waals surface area contributed by atoms with Crippen LogP contribution in [-0.2, 0) is 6.42 Å². The quantitative estimate of drug-likeness (QED) is 0.594. The van der Waals surface area contributed by atoms with Crippen LogP contribution >= 0.6 is 0 Å². The van der Waals surface area contributed by atoms with Crippen LogP contribution in [0.25, 0.3) is 0 Å². The third-order valence-electron chi connectivity index (χ3n) is 3.35. The summed E-state index contributed by atoms with van der Waals surface area (Å²) in [6.45, 7) is 2.62. The Kier molecular flexibility index (Phi) is 5.20. The fraction of sp³-hybridized carbons (Fsp3) is 0.235. The van der Waals surface area contributed by atoms with Gasteiger partial charge in [0.1, 0.15) is 23.1 Å². The van der Waals surface area contributed by atoms with Crippen molar-refractivity contribution in [2.24, 2.45) is 4.99 Å². The topological polar surface area (TPSA) is 15.6 Å². The van der Waals surface area contributed by atoms with Crippen molar-refractivity contribution < 1.29 is 13.2 Å². The molecule has 0 unspecified atom stereocenters. The van der Waals surface area contributed by atoms with Crippen molar-refractivity contribution >= 4 is 12.0 Å². The van der Waals surface area contributed by atoms with E-state index in [0.29, 0.717) is 12.1 Å². The molecule has 0 amide bonds. The molecule has 2 aromatic carbocycles. The lowest BCUT2D eigenvalue weighted by molar-refractivity contribution is 0.550. The first-order valence-corrected chi connectivity index (χ1v) is 6.97. The van der Waals surface area contributed by atoms with Gasteiger partial charge in [0.25, 0.3) is 0 Å². The maximum Gasteiger partial charge on any atom is 0.149 e. The average Bonchev–Trinajstić information content (AvgIpc) is 2.51. The summed E-state index contributed by atoms with van der Waals surface area (Å²) in [4.78, 5) is 5.66. The second kappa shape index (κ2) is 7.11. The predicted molar refractivity (Wildman–Crippen MR) is 82.0 cm³/mol. The van der Waals surface area contributed by atoms with Gasteiger partial charge in [0.05, 0.1) is 6.34 Å². The molecule has 0 saturated carbocycles. The van der Waals surface area contributed by atoms with E-state index in [1.807, 2.05) is 6.92 Å². The van der Waals surface area contributed by atoms with Gasteiger partial charge in [-0.2, -0.15) is 0 Å². The Morgan fingerprint density at radius 2 is 1.73 bits per heavy atom. The Balaban J connectivity index is 2.27. The molecule has 0 aromatic heterocycles. The van der Waals surface area contributed by atoms with Gasteiger partial charge < -0.3 is 4.90 Å². The molecule has 116 valence electrons. The first kappa shape index (κ1) is 16.1. The van der Waals surface area contributed by atoms with Crippen molar-refractivity contribution in [3.05, 3.63) is 65.0 Å². The molecule has 0 saturated heterocycles. The SMILES string of the molecule is CCN(C)C=Nc1cc(F)c(Cc2ccccc2F)cc1F. The van der Waals surface area contributed by atoms with Gasteiger partial charge in [-0.05, 0) is 30.2 Å². The third-order valence-corrected chi connectivity index (χ3v) is 3.35. The van der Waals surface area contributed by atoms with E-state index in [9.17, 15) is 13.2 Å². The second-order valence-electron chi connectivity index (χ2n) is 4.98. The molecule has 2 aromatic rings. The van der Waals surface area contributed by atoms with Crippen molar-refractivity contribution in [3.8, 4) is 0 Å². The van der Waals surface area contributed by atoms with Crippen LogP contribution in [0.15, 0.2) is 41.4 Å². The van der Waals surface area contributed by atoms with E-state index in [1.54, 1.807) is 30.1 Å². The summed E-state index contributed by atoms with van der Waals surface area (Å²) in [6, 6.07) is 8.16. The third kappa shape index (κ3) is 3.87. The number of benzene rings is 2. The van der Waals surface area contributed by atoms with Gasteiger partial charge in [-0.1, -0.05) is 18.2 Å². The molecule has 0 N–H and O–H groups in total. The van der Waals surface area contributed by atoms with E-state index in [0.717, 1.165) is 12.1 Å². The number of nitrogens with zero attached hydrogens (tertiary/aromatic N) is 2. The van der Waals surface area contributed by atoms with E-state index >= 15 is 0 Å². The van der Waals surface area contributed by atoms with Gasteiger partial charge in [-0.3, -0.25) is 0 Å². The summed E-state index contributed by atoms with van der Waals surface area (Å²) >= 11 is 0. The molecule has 0 aliphatic rings. The van der Waals surface area contributed by atoms with Crippen molar-refractivity contribution in [2.45, 2.75) is 13.3 Å². The molecule has 0 spiro atoms. The van der Waals surface area contributed by atoms with Crippen molar-refractivity contribution in [3.63, 3.8) is 0 Å². The zero-order valence-electron chi connectivity index (χ0n) is 12.5. The minimum Gasteiger partial charge on any atom is -0.366 e. The van der Waals surface area contributed by atoms with E-state index < -0.39 is 17.5 Å². The summed E-state index contributed by atoms with van der Waals surface area (Å²) in [7, 11) is 1.78. The Morgan fingerprint density at radius 1 is 1.00 bits per heavy atom. The molecule has 2 rings (SSSR count). The van der Waals surface area contributed by atoms with Crippen molar-refractivity contribution in [1.82, 2.24) is 4.90 Å². The molecule has 0 radical (unpaired) electrons. The molecular formula is C17H17F3N2. The van der Waals surface area contributed by atoms with Crippen molar-refractivity contribution in [1.29, 1.82) is 0 Å². The fourth-order valence-electron chi connectivity index (χ4n) is 1.90. The molecule has 0 heterocycles. The molecule has 2 nitrogen and oxygen atoms in total. The van der Waals surface area contributed by atoms with Crippen LogP contribution in [0, 0.1) is 17.5 Å². The minimum absolute atomic E-state index is 0.00567. The summed E-state index contributed by atoms with van der Waals surface area (Å²) < 4.78 is 41.7. The lowest BCUT2D eigenvalue weighted by Gasteiger charge is -2.09. The van der Waals surface area contributed by atoms with Crippen LogP contribution in [0.2, 0.25) is 0 Å². The summed E-state index contributed by atoms with van der Waals surface area (Å²) in [6.07, 6.45) is 1.43. The number of halogens is 3. The fourth-order valence-corrected chi connectivity index (χ4v) is 1.90. The zero-order chi connectivity index (χ0) is 16.1. The standard InChI is InChI=1S/C17H17F3N2/c1-3-22(2)11-21-17-10-15(19)13(9-16(17)20)8-12-6-4-5-7-14(12)18/h4-7,9-11H,3,8H2,1-2H3. The number of aliphatic imine (C=N–C) groups is 1. The van der Waals surface area contributed by atoms with E-state index in [4.69, 9.17) is 0 Å². The Bertz CT molecular complexity index is 684. The smallest absolute Gasteiger partial charge is 0.149 e. The number of rotatable bonds is 5. The van der Waals surface area contributed by atoms with Crippen LogP contribution in [-0.4, -0.2) is 24.8 Å². The van der Waals surface area contributed by atoms with Gasteiger partial charge in [-0.25, -0.2) is 18.2 Å². The van der Waals surface area contributed by atoms with Crippen LogP contribution in [0.3, 0.4) is 0 Å². The maximum absolute atomic E-state index is 14.1. The lowest BCUT2D eigenvalue weighted by atomic mass is 10.0. The van der Waals surface area contributed by atoms with Gasteiger partial charge in [0.15, 0.2) is 0 Å². The normalized spacial score (nSPS) is 11.1. The lowest BCUT2D eigenvalue weighted by Crippen LogP contribution is -2.14. The molecule has 0 bridgehead atoms. The van der Waals surface area contributed by atoms with Gasteiger partial charge >= 0.3 is 0 Å². The van der Waals surface area contributed by atoms with Crippen LogP contribution < -0.4 is 0 Å². The summed E-state index contributed by atoms with van der Waals surface area (Å²) in [5.41, 5.74) is 0.350. The Hall–Kier alpha value is -2.30. The largest absolute Gasteiger partial charge is 0.366 e. The zero-order valence-corrected chi connectivity index (χ0v) is 12.5. The number of hydrogen-bond acceptors (Lipinski definition) is 1. The first-order valence-electron chi connectivity index (χ1n) is 6.97. The highest BCUT2D eigenvalue weighted by Gasteiger charge is 2.11. The second-order valence-corrected chi connectivity index (χ2v) is 4.98. The molecule has 0 aliphatic carbocycles. The molecule has 0 atom stereocenters. The van der Waals surface area contributed by atoms with Crippen LogP contribution in [0.5, 0.6) is 0 Å². The van der Waals surface area contributed by atoms with E-state index in [-0.39, 0.29) is 17.7 Å². The van der Waals surface area contributed by atoms with Crippen LogP contribution in [0.1, 0.15) is 18.1 Å². The highest BCUT2D eigenvalue weighted by atomic mass is 19.1. The van der Waals surface area contributed by atoms with Gasteiger partial charge in [0, 0.05) is 26.1 Å². The Morgan fingerprint density at radius 3 is 2.41 bits per heavy atom. The number of hydrogen-bond donors (Lipinski definition) is 0. The molecule has 0 aliphatic heterocycles. The molecule has 22 heavy (non-hydrogen) atoms. The predicted octanol–water partition coefficient (Wildman–Crippen LogP) is 4.31. The van der Waals surface area contributed by atoms with Gasteiger partial charge in [-0.15, -0.1) is 0 Å². The van der Waals surface area contributed by atoms with E-state index in [2.05, 4.69) is 4.99 Å². The summed E-state index contributed by atoms with van der Waals surface area (Å²) in [5.74, 6) is -1.67. The minimum atomic E-state index is -0.631. The van der Waals surface area contributed by atoms with E-state index in [1.165, 1.54) is 12.4 Å². The Labute approximate surface area is 127 Å². The monoisotopic (exact) mass is 306 g/mol. The molecule has 5 heteroatoms.